The van der Waals surface area contributed by atoms with E-state index in [1.807, 2.05) is 13.0 Å². The number of amides is 2. The van der Waals surface area contributed by atoms with Gasteiger partial charge in [-0.2, -0.15) is 0 Å². The number of alkyl carbamates (subject to hydrolysis) is 1. The van der Waals surface area contributed by atoms with E-state index in [2.05, 4.69) is 20.8 Å². The predicted octanol–water partition coefficient (Wildman–Crippen LogP) is 4.99. The number of nitrogens with one attached hydrogen (secondary N) is 2. The number of carbonyl (C=O) groups is 2. The Morgan fingerprint density at radius 1 is 1.18 bits per heavy atom. The lowest BCUT2D eigenvalue weighted by molar-refractivity contribution is -0.119. The Balaban J connectivity index is 1.75. The van der Waals surface area contributed by atoms with Crippen molar-refractivity contribution in [2.45, 2.75) is 84.5 Å². The van der Waals surface area contributed by atoms with Crippen molar-refractivity contribution in [1.82, 2.24) is 15.5 Å². The SMILES string of the molecule is COCc1onc(C)c1-c1ccc(NC(=O)[C@@H](NC(=O)OC(C)(C)C)C2CCCCCC2)nc1. The predicted molar refractivity (Wildman–Crippen MR) is 128 cm³/mol. The fourth-order valence-electron chi connectivity index (χ4n) is 4.31. The quantitative estimate of drug-likeness (QED) is 0.545. The third kappa shape index (κ3) is 7.03. The van der Waals surface area contributed by atoms with E-state index < -0.39 is 17.7 Å². The van der Waals surface area contributed by atoms with Crippen molar-refractivity contribution in [3.8, 4) is 11.1 Å². The minimum atomic E-state index is -0.692. The van der Waals surface area contributed by atoms with Crippen molar-refractivity contribution in [1.29, 1.82) is 0 Å². The molecule has 1 aliphatic rings. The number of nitrogens with zero attached hydrogens (tertiary/aromatic N) is 2. The summed E-state index contributed by atoms with van der Waals surface area (Å²) < 4.78 is 15.9. The Bertz CT molecular complexity index is 957. The molecule has 186 valence electrons. The molecule has 2 heterocycles. The first-order chi connectivity index (χ1) is 16.2. The molecule has 2 aromatic heterocycles. The van der Waals surface area contributed by atoms with Crippen molar-refractivity contribution in [3.63, 3.8) is 0 Å². The summed E-state index contributed by atoms with van der Waals surface area (Å²) in [5.74, 6) is 0.777. The molecule has 2 N–H and O–H groups in total. The van der Waals surface area contributed by atoms with Gasteiger partial charge in [0.15, 0.2) is 5.76 Å². The number of hydrogen-bond acceptors (Lipinski definition) is 7. The Hall–Kier alpha value is -2.94. The summed E-state index contributed by atoms with van der Waals surface area (Å²) in [5.41, 5.74) is 1.74. The van der Waals surface area contributed by atoms with E-state index in [1.54, 1.807) is 40.1 Å². The monoisotopic (exact) mass is 472 g/mol. The molecule has 34 heavy (non-hydrogen) atoms. The van der Waals surface area contributed by atoms with Crippen LogP contribution in [0.5, 0.6) is 0 Å². The molecular weight excluding hydrogens is 436 g/mol. The van der Waals surface area contributed by atoms with E-state index >= 15 is 0 Å². The molecule has 1 fully saturated rings. The fraction of sp³-hybridized carbons (Fsp3) is 0.600. The molecule has 0 radical (unpaired) electrons. The summed E-state index contributed by atoms with van der Waals surface area (Å²) in [6, 6.07) is 2.89. The number of rotatable bonds is 7. The van der Waals surface area contributed by atoms with Gasteiger partial charge in [0.05, 0.1) is 11.3 Å². The maximum absolute atomic E-state index is 13.3. The van der Waals surface area contributed by atoms with Gasteiger partial charge in [-0.3, -0.25) is 4.79 Å². The van der Waals surface area contributed by atoms with Gasteiger partial charge in [0, 0.05) is 18.9 Å². The smallest absolute Gasteiger partial charge is 0.408 e. The van der Waals surface area contributed by atoms with Gasteiger partial charge in [-0.15, -0.1) is 0 Å². The van der Waals surface area contributed by atoms with Gasteiger partial charge in [0.25, 0.3) is 0 Å². The van der Waals surface area contributed by atoms with Crippen LogP contribution in [0.15, 0.2) is 22.9 Å². The van der Waals surface area contributed by atoms with Crippen LogP contribution in [0, 0.1) is 12.8 Å². The molecule has 0 unspecified atom stereocenters. The highest BCUT2D eigenvalue weighted by Crippen LogP contribution is 2.29. The second kappa shape index (κ2) is 11.5. The molecule has 9 heteroatoms. The molecule has 0 aromatic carbocycles. The third-order valence-corrected chi connectivity index (χ3v) is 5.84. The Labute approximate surface area is 201 Å². The minimum Gasteiger partial charge on any atom is -0.444 e. The molecule has 9 nitrogen and oxygen atoms in total. The maximum atomic E-state index is 13.3. The molecule has 1 aliphatic carbocycles. The van der Waals surface area contributed by atoms with E-state index in [0.717, 1.165) is 55.3 Å². The van der Waals surface area contributed by atoms with E-state index in [0.29, 0.717) is 18.2 Å². The number of carbonyl (C=O) groups excluding carboxylic acids is 2. The minimum absolute atomic E-state index is 0.0468. The van der Waals surface area contributed by atoms with Crippen molar-refractivity contribution < 1.29 is 23.6 Å². The molecule has 2 amide bonds. The Morgan fingerprint density at radius 3 is 2.47 bits per heavy atom. The molecular formula is C25H36N4O5. The number of pyridine rings is 1. The van der Waals surface area contributed by atoms with Gasteiger partial charge in [0.2, 0.25) is 5.91 Å². The number of aromatic nitrogens is 2. The average Bonchev–Trinajstić information content (AvgIpc) is 2.96. The Kier molecular flexibility index (Phi) is 8.66. The van der Waals surface area contributed by atoms with Gasteiger partial charge < -0.3 is 24.6 Å². The van der Waals surface area contributed by atoms with Crippen LogP contribution < -0.4 is 10.6 Å². The number of hydrogen-bond donors (Lipinski definition) is 2. The second-order valence-corrected chi connectivity index (χ2v) is 9.80. The highest BCUT2D eigenvalue weighted by Gasteiger charge is 2.32. The number of aryl methyl sites for hydroxylation is 1. The second-order valence-electron chi connectivity index (χ2n) is 9.80. The molecule has 0 spiro atoms. The first-order valence-corrected chi connectivity index (χ1v) is 11.9. The topological polar surface area (TPSA) is 116 Å². The summed E-state index contributed by atoms with van der Waals surface area (Å²) >= 11 is 0. The molecule has 0 saturated heterocycles. The molecule has 1 saturated carbocycles. The van der Waals surface area contributed by atoms with Crippen molar-refractivity contribution in [3.05, 3.63) is 29.8 Å². The summed E-state index contributed by atoms with van der Waals surface area (Å²) in [6.07, 6.45) is 7.22. The lowest BCUT2D eigenvalue weighted by Crippen LogP contribution is -2.50. The zero-order valence-corrected chi connectivity index (χ0v) is 20.8. The first-order valence-electron chi connectivity index (χ1n) is 11.9. The zero-order valence-electron chi connectivity index (χ0n) is 20.8. The first kappa shape index (κ1) is 25.7. The summed E-state index contributed by atoms with van der Waals surface area (Å²) in [7, 11) is 1.59. The van der Waals surface area contributed by atoms with Gasteiger partial charge in [-0.1, -0.05) is 30.8 Å². The van der Waals surface area contributed by atoms with Crippen LogP contribution in [-0.2, 0) is 20.9 Å². The van der Waals surface area contributed by atoms with Crippen molar-refractivity contribution in [2.24, 2.45) is 5.92 Å². The maximum Gasteiger partial charge on any atom is 0.408 e. The third-order valence-electron chi connectivity index (χ3n) is 5.84. The van der Waals surface area contributed by atoms with Gasteiger partial charge in [0.1, 0.15) is 24.1 Å². The van der Waals surface area contributed by atoms with Crippen LogP contribution in [0.4, 0.5) is 10.6 Å². The van der Waals surface area contributed by atoms with Gasteiger partial charge >= 0.3 is 6.09 Å². The zero-order chi connectivity index (χ0) is 24.7. The largest absolute Gasteiger partial charge is 0.444 e. The van der Waals surface area contributed by atoms with Gasteiger partial charge in [-0.05, 0) is 58.6 Å². The molecule has 3 rings (SSSR count). The van der Waals surface area contributed by atoms with Crippen molar-refractivity contribution >= 4 is 17.8 Å². The lowest BCUT2D eigenvalue weighted by Gasteiger charge is -2.28. The average molecular weight is 473 g/mol. The summed E-state index contributed by atoms with van der Waals surface area (Å²) in [4.78, 5) is 30.2. The normalized spacial score (nSPS) is 15.9. The lowest BCUT2D eigenvalue weighted by atomic mass is 9.91. The number of anilines is 1. The van der Waals surface area contributed by atoms with Crippen LogP contribution >= 0.6 is 0 Å². The van der Waals surface area contributed by atoms with E-state index in [4.69, 9.17) is 14.0 Å². The standard InChI is InChI=1S/C25H36N4O5/c1-16-21(19(15-32-5)34-29-16)18-12-13-20(26-14-18)27-23(30)22(17-10-8-6-7-9-11-17)28-24(31)33-25(2,3)4/h12-14,17,22H,6-11,15H2,1-5H3,(H,28,31)(H,26,27,30)/t22-/m0/s1. The highest BCUT2D eigenvalue weighted by atomic mass is 16.6. The van der Waals surface area contributed by atoms with E-state index in [1.165, 1.54) is 0 Å². The van der Waals surface area contributed by atoms with Crippen LogP contribution in [0.25, 0.3) is 11.1 Å². The van der Waals surface area contributed by atoms with Crippen LogP contribution in [0.2, 0.25) is 0 Å². The summed E-state index contributed by atoms with van der Waals surface area (Å²) in [6.45, 7) is 7.55. The number of ether oxygens (including phenoxy) is 2. The molecule has 0 bridgehead atoms. The van der Waals surface area contributed by atoms with Crippen LogP contribution in [0.3, 0.4) is 0 Å². The Morgan fingerprint density at radius 2 is 1.88 bits per heavy atom. The fourth-order valence-corrected chi connectivity index (χ4v) is 4.31. The van der Waals surface area contributed by atoms with E-state index in [-0.39, 0.29) is 11.8 Å². The van der Waals surface area contributed by atoms with Crippen LogP contribution in [-0.4, -0.2) is 40.9 Å². The number of methoxy groups -OCH3 is 1. The molecule has 0 aliphatic heterocycles. The highest BCUT2D eigenvalue weighted by molar-refractivity contribution is 5.96. The summed E-state index contributed by atoms with van der Waals surface area (Å²) in [5, 5.41) is 9.70. The van der Waals surface area contributed by atoms with E-state index in [9.17, 15) is 9.59 Å². The van der Waals surface area contributed by atoms with Crippen molar-refractivity contribution in [2.75, 3.05) is 12.4 Å². The van der Waals surface area contributed by atoms with Gasteiger partial charge in [-0.25, -0.2) is 9.78 Å². The van der Waals surface area contributed by atoms with Crippen LogP contribution in [0.1, 0.15) is 70.8 Å². The molecule has 2 aromatic rings. The molecule has 1 atom stereocenters.